The number of carbonyl (C=O) groups excluding carboxylic acids is 1. The van der Waals surface area contributed by atoms with Gasteiger partial charge in [0, 0.05) is 4.90 Å². The van der Waals surface area contributed by atoms with E-state index in [0.29, 0.717) is 0 Å². The molecule has 0 saturated heterocycles. The molecule has 0 amide bonds. The van der Waals surface area contributed by atoms with Gasteiger partial charge in [-0.2, -0.15) is 0 Å². The van der Waals surface area contributed by atoms with Crippen molar-refractivity contribution < 1.29 is 4.79 Å². The smallest absolute Gasteiger partial charge is 0.133 e. The molecule has 2 heteroatoms. The van der Waals surface area contributed by atoms with Crippen LogP contribution in [0.4, 0.5) is 0 Å². The number of aryl methyl sites for hydroxylation is 1. The predicted octanol–water partition coefficient (Wildman–Crippen LogP) is 2.67. The van der Waals surface area contributed by atoms with E-state index in [1.807, 2.05) is 19.1 Å². The second-order valence-electron chi connectivity index (χ2n) is 2.77. The molecule has 0 N–H and O–H groups in total. The summed E-state index contributed by atoms with van der Waals surface area (Å²) in [5.41, 5.74) is 1.25. The van der Waals surface area contributed by atoms with Crippen LogP contribution in [0, 0.1) is 6.92 Å². The first-order valence-electron chi connectivity index (χ1n) is 3.91. The lowest BCUT2D eigenvalue weighted by Gasteiger charge is -2.02. The van der Waals surface area contributed by atoms with E-state index in [4.69, 9.17) is 0 Å². The lowest BCUT2D eigenvalue weighted by Crippen LogP contribution is -1.95. The van der Waals surface area contributed by atoms with Crippen LogP contribution in [0.5, 0.6) is 0 Å². The quantitative estimate of drug-likeness (QED) is 0.525. The summed E-state index contributed by atoms with van der Waals surface area (Å²) in [6, 6.07) is 8.19. The van der Waals surface area contributed by atoms with Gasteiger partial charge in [-0.15, -0.1) is 11.8 Å². The largest absolute Gasteiger partial charge is 0.302 e. The van der Waals surface area contributed by atoms with Crippen molar-refractivity contribution in [2.45, 2.75) is 24.0 Å². The Bertz CT molecular complexity index is 253. The number of thioether (sulfide) groups is 1. The van der Waals surface area contributed by atoms with Gasteiger partial charge in [-0.3, -0.25) is 0 Å². The van der Waals surface area contributed by atoms with Gasteiger partial charge in [0.2, 0.25) is 0 Å². The topological polar surface area (TPSA) is 17.1 Å². The molecular formula is C10H12OS. The molecule has 0 saturated carbocycles. The molecule has 0 spiro atoms. The Labute approximate surface area is 77.2 Å². The fourth-order valence-corrected chi connectivity index (χ4v) is 1.64. The molecule has 1 nitrogen and oxygen atoms in total. The Kier molecular flexibility index (Phi) is 3.35. The maximum Gasteiger partial charge on any atom is 0.133 e. The molecule has 64 valence electrons. The third-order valence-electron chi connectivity index (χ3n) is 1.53. The highest BCUT2D eigenvalue weighted by Gasteiger charge is 2.00. The Morgan fingerprint density at radius 3 is 2.42 bits per heavy atom. The molecule has 1 rings (SSSR count). The van der Waals surface area contributed by atoms with Gasteiger partial charge in [0.05, 0.1) is 5.25 Å². The fourth-order valence-electron chi connectivity index (χ4n) is 0.859. The van der Waals surface area contributed by atoms with Gasteiger partial charge in [0.15, 0.2) is 0 Å². The average Bonchev–Trinajstić information content (AvgIpc) is 2.09. The lowest BCUT2D eigenvalue weighted by molar-refractivity contribution is -0.107. The second kappa shape index (κ2) is 4.31. The number of aldehydes is 1. The zero-order valence-corrected chi connectivity index (χ0v) is 8.10. The van der Waals surface area contributed by atoms with Gasteiger partial charge in [0.1, 0.15) is 6.29 Å². The summed E-state index contributed by atoms with van der Waals surface area (Å²) < 4.78 is 0. The number of hydrogen-bond acceptors (Lipinski definition) is 2. The van der Waals surface area contributed by atoms with Crippen LogP contribution in [0.2, 0.25) is 0 Å². The highest BCUT2D eigenvalue weighted by molar-refractivity contribution is 8.00. The maximum absolute atomic E-state index is 10.4. The van der Waals surface area contributed by atoms with Crippen molar-refractivity contribution in [2.24, 2.45) is 0 Å². The Morgan fingerprint density at radius 2 is 1.92 bits per heavy atom. The Hall–Kier alpha value is -0.760. The van der Waals surface area contributed by atoms with Crippen LogP contribution >= 0.6 is 11.8 Å². The van der Waals surface area contributed by atoms with Crippen LogP contribution in [0.3, 0.4) is 0 Å². The van der Waals surface area contributed by atoms with Crippen LogP contribution in [0.1, 0.15) is 12.5 Å². The molecule has 0 aromatic heterocycles. The van der Waals surface area contributed by atoms with E-state index >= 15 is 0 Å². The standard InChI is InChI=1S/C10H12OS/c1-8-3-5-10(6-4-8)12-9(2)7-11/h3-7,9H,1-2H3. The molecule has 1 aromatic carbocycles. The zero-order chi connectivity index (χ0) is 8.97. The molecule has 0 aliphatic carbocycles. The molecule has 0 bridgehead atoms. The van der Waals surface area contributed by atoms with Crippen molar-refractivity contribution in [2.75, 3.05) is 0 Å². The number of hydrogen-bond donors (Lipinski definition) is 0. The Morgan fingerprint density at radius 1 is 1.33 bits per heavy atom. The van der Waals surface area contributed by atoms with Crippen molar-refractivity contribution in [1.82, 2.24) is 0 Å². The number of rotatable bonds is 3. The van der Waals surface area contributed by atoms with Gasteiger partial charge < -0.3 is 4.79 Å². The lowest BCUT2D eigenvalue weighted by atomic mass is 10.2. The average molecular weight is 180 g/mol. The number of benzene rings is 1. The minimum absolute atomic E-state index is 0.0488. The van der Waals surface area contributed by atoms with E-state index in [1.54, 1.807) is 11.8 Å². The molecule has 0 fully saturated rings. The van der Waals surface area contributed by atoms with Gasteiger partial charge in [0.25, 0.3) is 0 Å². The molecular weight excluding hydrogens is 168 g/mol. The molecule has 1 aromatic rings. The van der Waals surface area contributed by atoms with Gasteiger partial charge >= 0.3 is 0 Å². The molecule has 0 aliphatic rings. The first-order chi connectivity index (χ1) is 5.72. The van der Waals surface area contributed by atoms with Crippen molar-refractivity contribution in [3.63, 3.8) is 0 Å². The van der Waals surface area contributed by atoms with Crippen molar-refractivity contribution in [1.29, 1.82) is 0 Å². The Balaban J connectivity index is 2.64. The van der Waals surface area contributed by atoms with Gasteiger partial charge in [-0.25, -0.2) is 0 Å². The molecule has 0 heterocycles. The predicted molar refractivity (Wildman–Crippen MR) is 52.6 cm³/mol. The minimum Gasteiger partial charge on any atom is -0.302 e. The maximum atomic E-state index is 10.4. The van der Waals surface area contributed by atoms with Gasteiger partial charge in [-0.1, -0.05) is 17.7 Å². The van der Waals surface area contributed by atoms with E-state index in [-0.39, 0.29) is 5.25 Å². The van der Waals surface area contributed by atoms with Crippen LogP contribution in [0.25, 0.3) is 0 Å². The van der Waals surface area contributed by atoms with Crippen LogP contribution in [0.15, 0.2) is 29.2 Å². The third kappa shape index (κ3) is 2.70. The van der Waals surface area contributed by atoms with E-state index in [9.17, 15) is 4.79 Å². The zero-order valence-electron chi connectivity index (χ0n) is 7.28. The van der Waals surface area contributed by atoms with Gasteiger partial charge in [-0.05, 0) is 26.0 Å². The molecule has 1 unspecified atom stereocenters. The highest BCUT2D eigenvalue weighted by Crippen LogP contribution is 2.21. The van der Waals surface area contributed by atoms with Crippen LogP contribution in [-0.4, -0.2) is 11.5 Å². The number of carbonyl (C=O) groups is 1. The van der Waals surface area contributed by atoms with E-state index in [2.05, 4.69) is 19.1 Å². The summed E-state index contributed by atoms with van der Waals surface area (Å²) in [6.45, 7) is 3.95. The van der Waals surface area contributed by atoms with E-state index in [0.717, 1.165) is 11.2 Å². The molecule has 1 atom stereocenters. The summed E-state index contributed by atoms with van der Waals surface area (Å²) in [6.07, 6.45) is 0.963. The van der Waals surface area contributed by atoms with Crippen LogP contribution < -0.4 is 0 Å². The normalized spacial score (nSPS) is 12.5. The van der Waals surface area contributed by atoms with Crippen LogP contribution in [-0.2, 0) is 4.79 Å². The van der Waals surface area contributed by atoms with Crippen molar-refractivity contribution >= 4 is 18.0 Å². The summed E-state index contributed by atoms with van der Waals surface area (Å²) in [4.78, 5) is 11.5. The van der Waals surface area contributed by atoms with E-state index in [1.165, 1.54) is 5.56 Å². The summed E-state index contributed by atoms with van der Waals surface area (Å²) in [7, 11) is 0. The summed E-state index contributed by atoms with van der Waals surface area (Å²) in [5.74, 6) is 0. The molecule has 0 radical (unpaired) electrons. The SMILES string of the molecule is Cc1ccc(SC(C)C=O)cc1. The monoisotopic (exact) mass is 180 g/mol. The second-order valence-corrected chi connectivity index (χ2v) is 4.22. The highest BCUT2D eigenvalue weighted by atomic mass is 32.2. The molecule has 0 aliphatic heterocycles. The third-order valence-corrected chi connectivity index (χ3v) is 2.56. The first kappa shape index (κ1) is 9.33. The van der Waals surface area contributed by atoms with Crippen molar-refractivity contribution in [3.05, 3.63) is 29.8 Å². The minimum atomic E-state index is 0.0488. The fraction of sp³-hybridized carbons (Fsp3) is 0.300. The van der Waals surface area contributed by atoms with E-state index < -0.39 is 0 Å². The van der Waals surface area contributed by atoms with Crippen molar-refractivity contribution in [3.8, 4) is 0 Å². The summed E-state index contributed by atoms with van der Waals surface area (Å²) >= 11 is 1.58. The summed E-state index contributed by atoms with van der Waals surface area (Å²) in [5, 5.41) is 0.0488. The molecule has 12 heavy (non-hydrogen) atoms. The first-order valence-corrected chi connectivity index (χ1v) is 4.79.